The maximum absolute atomic E-state index is 12.1. The topological polar surface area (TPSA) is 91.2 Å². The monoisotopic (exact) mass is 491 g/mol. The van der Waals surface area contributed by atoms with Crippen molar-refractivity contribution in [2.75, 3.05) is 25.8 Å². The third-order valence-electron chi connectivity index (χ3n) is 4.73. The first-order valence-electron chi connectivity index (χ1n) is 9.41. The number of nitrogens with zero attached hydrogens (tertiary/aromatic N) is 4. The third kappa shape index (κ3) is 4.36. The number of aromatic nitrogens is 4. The van der Waals surface area contributed by atoms with Crippen molar-refractivity contribution >= 4 is 50.9 Å². The molecule has 0 radical (unpaired) electrons. The van der Waals surface area contributed by atoms with Crippen LogP contribution in [0.15, 0.2) is 47.8 Å². The van der Waals surface area contributed by atoms with Gasteiger partial charge in [0.05, 0.1) is 46.1 Å². The van der Waals surface area contributed by atoms with Crippen LogP contribution in [0, 0.1) is 0 Å². The molecule has 1 unspecified atom stereocenters. The van der Waals surface area contributed by atoms with E-state index in [2.05, 4.69) is 20.4 Å². The van der Waals surface area contributed by atoms with Crippen LogP contribution >= 0.6 is 23.2 Å². The van der Waals surface area contributed by atoms with Crippen molar-refractivity contribution in [2.24, 2.45) is 0 Å². The van der Waals surface area contributed by atoms with Crippen LogP contribution in [0.5, 0.6) is 11.5 Å². The van der Waals surface area contributed by atoms with Gasteiger partial charge in [0.2, 0.25) is 5.16 Å². The Morgan fingerprint density at radius 3 is 2.66 bits per heavy atom. The lowest BCUT2D eigenvalue weighted by molar-refractivity contribution is 0.391. The summed E-state index contributed by atoms with van der Waals surface area (Å²) in [5.41, 5.74) is 1.87. The highest BCUT2D eigenvalue weighted by Crippen LogP contribution is 2.31. The van der Waals surface area contributed by atoms with E-state index in [-0.39, 0.29) is 5.16 Å². The van der Waals surface area contributed by atoms with E-state index in [1.807, 2.05) is 12.1 Å². The van der Waals surface area contributed by atoms with Crippen molar-refractivity contribution in [2.45, 2.75) is 11.7 Å². The SMILES string of the molecule is COc1ccc(CNc2nc(S(C)=O)nc3nn(-c4cccc(Cl)c4Cl)cc23)c(OC)c1. The second kappa shape index (κ2) is 9.32. The highest BCUT2D eigenvalue weighted by Gasteiger charge is 2.17. The molecule has 0 bridgehead atoms. The fourth-order valence-corrected chi connectivity index (χ4v) is 3.94. The molecule has 1 atom stereocenters. The van der Waals surface area contributed by atoms with E-state index in [1.54, 1.807) is 49.4 Å². The van der Waals surface area contributed by atoms with Crippen molar-refractivity contribution in [1.29, 1.82) is 0 Å². The maximum atomic E-state index is 12.1. The molecular weight excluding hydrogens is 473 g/mol. The van der Waals surface area contributed by atoms with E-state index in [9.17, 15) is 4.21 Å². The summed E-state index contributed by atoms with van der Waals surface area (Å²) in [6, 6.07) is 10.8. The predicted molar refractivity (Wildman–Crippen MR) is 126 cm³/mol. The Labute approximate surface area is 196 Å². The van der Waals surface area contributed by atoms with Gasteiger partial charge in [-0.2, -0.15) is 4.98 Å². The average molecular weight is 492 g/mol. The number of fused-ring (bicyclic) bond motifs is 1. The quantitative estimate of drug-likeness (QED) is 0.380. The van der Waals surface area contributed by atoms with Gasteiger partial charge < -0.3 is 14.8 Å². The number of ether oxygens (including phenoxy) is 2. The van der Waals surface area contributed by atoms with Gasteiger partial charge in [-0.15, -0.1) is 5.10 Å². The molecule has 8 nitrogen and oxygen atoms in total. The average Bonchev–Trinajstić information content (AvgIpc) is 3.23. The first-order valence-corrected chi connectivity index (χ1v) is 11.7. The Morgan fingerprint density at radius 2 is 1.94 bits per heavy atom. The first kappa shape index (κ1) is 22.3. The lowest BCUT2D eigenvalue weighted by Gasteiger charge is -2.12. The Hall–Kier alpha value is -2.88. The van der Waals surface area contributed by atoms with E-state index in [1.165, 1.54) is 6.26 Å². The number of anilines is 1. The van der Waals surface area contributed by atoms with Gasteiger partial charge in [0.1, 0.15) is 17.3 Å². The van der Waals surface area contributed by atoms with Gasteiger partial charge in [0, 0.05) is 30.6 Å². The van der Waals surface area contributed by atoms with Crippen molar-refractivity contribution < 1.29 is 13.7 Å². The maximum Gasteiger partial charge on any atom is 0.222 e. The molecule has 166 valence electrons. The number of methoxy groups -OCH3 is 2. The van der Waals surface area contributed by atoms with Gasteiger partial charge in [0.15, 0.2) is 5.65 Å². The fraction of sp³-hybridized carbons (Fsp3) is 0.190. The Morgan fingerprint density at radius 1 is 1.12 bits per heavy atom. The summed E-state index contributed by atoms with van der Waals surface area (Å²) in [6.45, 7) is 0.401. The Kier molecular flexibility index (Phi) is 6.50. The molecule has 0 aliphatic carbocycles. The molecule has 4 aromatic rings. The van der Waals surface area contributed by atoms with Crippen molar-refractivity contribution in [1.82, 2.24) is 19.7 Å². The first-order chi connectivity index (χ1) is 15.4. The molecule has 0 fully saturated rings. The third-order valence-corrected chi connectivity index (χ3v) is 6.24. The molecule has 0 amide bonds. The van der Waals surface area contributed by atoms with Gasteiger partial charge in [-0.1, -0.05) is 29.3 Å². The summed E-state index contributed by atoms with van der Waals surface area (Å²) in [7, 11) is 1.80. The zero-order chi connectivity index (χ0) is 22.8. The van der Waals surface area contributed by atoms with Crippen LogP contribution in [-0.4, -0.2) is 44.4 Å². The minimum Gasteiger partial charge on any atom is -0.497 e. The summed E-state index contributed by atoms with van der Waals surface area (Å²) < 4.78 is 24.4. The van der Waals surface area contributed by atoms with Crippen LogP contribution in [0.25, 0.3) is 16.7 Å². The van der Waals surface area contributed by atoms with Gasteiger partial charge in [-0.3, -0.25) is 4.21 Å². The largest absolute Gasteiger partial charge is 0.497 e. The van der Waals surface area contributed by atoms with Crippen LogP contribution in [0.3, 0.4) is 0 Å². The summed E-state index contributed by atoms with van der Waals surface area (Å²) in [6.07, 6.45) is 3.27. The smallest absolute Gasteiger partial charge is 0.222 e. The van der Waals surface area contributed by atoms with Crippen LogP contribution in [-0.2, 0) is 17.3 Å². The van der Waals surface area contributed by atoms with E-state index in [0.717, 1.165) is 5.56 Å². The van der Waals surface area contributed by atoms with Gasteiger partial charge in [-0.05, 0) is 24.3 Å². The molecule has 0 saturated heterocycles. The van der Waals surface area contributed by atoms with Crippen LogP contribution < -0.4 is 14.8 Å². The molecule has 0 spiro atoms. The predicted octanol–water partition coefficient (Wildman–Crippen LogP) is 4.49. The number of hydrogen-bond acceptors (Lipinski definition) is 7. The molecular formula is C21H19Cl2N5O3S. The number of hydrogen-bond donors (Lipinski definition) is 1. The number of nitrogens with one attached hydrogen (secondary N) is 1. The minimum absolute atomic E-state index is 0.170. The highest BCUT2D eigenvalue weighted by molar-refractivity contribution is 7.84. The minimum atomic E-state index is -1.40. The van der Waals surface area contributed by atoms with Crippen molar-refractivity contribution in [3.8, 4) is 17.2 Å². The van der Waals surface area contributed by atoms with Gasteiger partial charge in [-0.25, -0.2) is 9.67 Å². The number of benzene rings is 2. The summed E-state index contributed by atoms with van der Waals surface area (Å²) in [5.74, 6) is 1.85. The number of halogens is 2. The molecule has 32 heavy (non-hydrogen) atoms. The molecule has 2 aromatic carbocycles. The molecule has 0 aliphatic rings. The van der Waals surface area contributed by atoms with Gasteiger partial charge >= 0.3 is 0 Å². The highest BCUT2D eigenvalue weighted by atomic mass is 35.5. The Balaban J connectivity index is 1.76. The lowest BCUT2D eigenvalue weighted by atomic mass is 10.2. The fourth-order valence-electron chi connectivity index (χ4n) is 3.12. The summed E-state index contributed by atoms with van der Waals surface area (Å²) >= 11 is 12.5. The Bertz CT molecular complexity index is 1330. The van der Waals surface area contributed by atoms with Crippen LogP contribution in [0.1, 0.15) is 5.56 Å². The summed E-state index contributed by atoms with van der Waals surface area (Å²) in [5, 5.41) is 9.38. The van der Waals surface area contributed by atoms with E-state index >= 15 is 0 Å². The van der Waals surface area contributed by atoms with Crippen LogP contribution in [0.2, 0.25) is 10.0 Å². The molecule has 0 saturated carbocycles. The van der Waals surface area contributed by atoms with E-state index < -0.39 is 10.8 Å². The second-order valence-corrected chi connectivity index (χ2v) is 8.78. The standard InChI is InChI=1S/C21H19Cl2N5O3S/c1-30-13-8-7-12(17(9-13)31-2)10-24-19-14-11-28(16-6-4-5-15(22)18(16)23)27-20(14)26-21(25-19)32(3)29/h4-9,11H,10H2,1-3H3,(H,24,25,26,27). The second-order valence-electron chi connectivity index (χ2n) is 6.72. The molecule has 1 N–H and O–H groups in total. The normalized spacial score (nSPS) is 12.0. The van der Waals surface area contributed by atoms with Crippen LogP contribution in [0.4, 0.5) is 5.82 Å². The molecule has 2 heterocycles. The zero-order valence-electron chi connectivity index (χ0n) is 17.4. The molecule has 11 heteroatoms. The summed E-state index contributed by atoms with van der Waals surface area (Å²) in [4.78, 5) is 8.80. The molecule has 0 aliphatic heterocycles. The lowest BCUT2D eigenvalue weighted by Crippen LogP contribution is -2.07. The molecule has 2 aromatic heterocycles. The molecule has 4 rings (SSSR count). The van der Waals surface area contributed by atoms with Crippen molar-refractivity contribution in [3.05, 3.63) is 58.2 Å². The zero-order valence-corrected chi connectivity index (χ0v) is 19.8. The van der Waals surface area contributed by atoms with E-state index in [0.29, 0.717) is 50.6 Å². The van der Waals surface area contributed by atoms with E-state index in [4.69, 9.17) is 32.7 Å². The number of rotatable bonds is 7. The van der Waals surface area contributed by atoms with Gasteiger partial charge in [0.25, 0.3) is 0 Å². The van der Waals surface area contributed by atoms with Crippen molar-refractivity contribution in [3.63, 3.8) is 0 Å².